The van der Waals surface area contributed by atoms with Gasteiger partial charge >= 0.3 is 0 Å². The molecule has 33 heavy (non-hydrogen) atoms. The van der Waals surface area contributed by atoms with Crippen LogP contribution < -0.4 is 11.1 Å². The molecule has 10 heteroatoms. The Hall–Kier alpha value is -3.37. The SMILES string of the molecule is C[C@H](Sc1nnc(-c2ccco2)n1-c1ccccc1)C(=O)Nc1sc2c(c1C(N)=O)CCC2. The first-order chi connectivity index (χ1) is 16.0. The summed E-state index contributed by atoms with van der Waals surface area (Å²) in [4.78, 5) is 26.2. The predicted octanol–water partition coefficient (Wildman–Crippen LogP) is 4.30. The van der Waals surface area contributed by atoms with Crippen LogP contribution in [-0.4, -0.2) is 31.8 Å². The lowest BCUT2D eigenvalue weighted by atomic mass is 10.1. The Balaban J connectivity index is 1.41. The number of hydrogen-bond acceptors (Lipinski definition) is 7. The van der Waals surface area contributed by atoms with Gasteiger partial charge in [-0.25, -0.2) is 0 Å². The molecule has 1 aromatic carbocycles. The topological polar surface area (TPSA) is 116 Å². The van der Waals surface area contributed by atoms with Crippen LogP contribution >= 0.6 is 23.1 Å². The molecule has 0 spiro atoms. The van der Waals surface area contributed by atoms with Gasteiger partial charge in [0, 0.05) is 10.6 Å². The molecule has 2 amide bonds. The van der Waals surface area contributed by atoms with Crippen LogP contribution in [0.15, 0.2) is 58.3 Å². The quantitative estimate of drug-likeness (QED) is 0.382. The van der Waals surface area contributed by atoms with Crippen LogP contribution in [0.3, 0.4) is 0 Å². The minimum Gasteiger partial charge on any atom is -0.461 e. The van der Waals surface area contributed by atoms with Gasteiger partial charge in [-0.2, -0.15) is 0 Å². The average molecular weight is 480 g/mol. The van der Waals surface area contributed by atoms with Crippen molar-refractivity contribution in [3.8, 4) is 17.3 Å². The molecule has 168 valence electrons. The van der Waals surface area contributed by atoms with Crippen molar-refractivity contribution in [2.75, 3.05) is 5.32 Å². The van der Waals surface area contributed by atoms with Crippen molar-refractivity contribution in [2.24, 2.45) is 5.73 Å². The van der Waals surface area contributed by atoms with Crippen LogP contribution in [-0.2, 0) is 17.6 Å². The summed E-state index contributed by atoms with van der Waals surface area (Å²) >= 11 is 2.72. The zero-order chi connectivity index (χ0) is 22.9. The molecule has 3 N–H and O–H groups in total. The van der Waals surface area contributed by atoms with Crippen LogP contribution in [0.25, 0.3) is 17.3 Å². The summed E-state index contributed by atoms with van der Waals surface area (Å²) in [5.41, 5.74) is 7.91. The van der Waals surface area contributed by atoms with Crippen molar-refractivity contribution in [3.05, 3.63) is 64.7 Å². The number of furan rings is 1. The van der Waals surface area contributed by atoms with Crippen molar-refractivity contribution in [1.29, 1.82) is 0 Å². The van der Waals surface area contributed by atoms with Gasteiger partial charge in [0.05, 0.1) is 17.1 Å². The number of nitrogens with one attached hydrogen (secondary N) is 1. The van der Waals surface area contributed by atoms with E-state index in [0.717, 1.165) is 35.4 Å². The van der Waals surface area contributed by atoms with Gasteiger partial charge in [-0.1, -0.05) is 30.0 Å². The number of carbonyl (C=O) groups excluding carboxylic acids is 2. The largest absolute Gasteiger partial charge is 0.461 e. The fraction of sp³-hybridized carbons (Fsp3) is 0.217. The summed E-state index contributed by atoms with van der Waals surface area (Å²) < 4.78 is 7.40. The number of rotatable bonds is 7. The number of primary amides is 1. The molecule has 8 nitrogen and oxygen atoms in total. The average Bonchev–Trinajstić information content (AvgIpc) is 3.58. The summed E-state index contributed by atoms with van der Waals surface area (Å²) in [5, 5.41) is 12.1. The van der Waals surface area contributed by atoms with Gasteiger partial charge in [0.25, 0.3) is 5.91 Å². The normalized spacial score (nSPS) is 13.6. The molecular formula is C23H21N5O3S2. The Morgan fingerprint density at radius 1 is 1.18 bits per heavy atom. The van der Waals surface area contributed by atoms with Gasteiger partial charge in [0.1, 0.15) is 5.00 Å². The van der Waals surface area contributed by atoms with Gasteiger partial charge in [-0.05, 0) is 56.0 Å². The standard InChI is InChI=1S/C23H21N5O3S2/c1-13(21(30)25-22-18(19(24)29)15-9-5-11-17(15)33-22)32-23-27-26-20(16-10-6-12-31-16)28(23)14-7-3-2-4-8-14/h2-4,6-8,10,12-13H,5,9,11H2,1H3,(H2,24,29)(H,25,30)/t13-/m0/s1. The van der Waals surface area contributed by atoms with Gasteiger partial charge in [-0.3, -0.25) is 14.2 Å². The van der Waals surface area contributed by atoms with E-state index in [1.165, 1.54) is 23.1 Å². The van der Waals surface area contributed by atoms with Crippen LogP contribution in [0.4, 0.5) is 5.00 Å². The lowest BCUT2D eigenvalue weighted by molar-refractivity contribution is -0.115. The molecule has 4 aromatic rings. The number of carbonyl (C=O) groups is 2. The van der Waals surface area contributed by atoms with E-state index in [1.54, 1.807) is 19.3 Å². The van der Waals surface area contributed by atoms with Crippen LogP contribution in [0, 0.1) is 0 Å². The molecule has 0 saturated carbocycles. The highest BCUT2D eigenvalue weighted by molar-refractivity contribution is 8.00. The second kappa shape index (κ2) is 8.87. The first-order valence-electron chi connectivity index (χ1n) is 10.5. The Labute approximate surface area is 198 Å². The highest BCUT2D eigenvalue weighted by Gasteiger charge is 2.28. The summed E-state index contributed by atoms with van der Waals surface area (Å²) in [7, 11) is 0. The summed E-state index contributed by atoms with van der Waals surface area (Å²) in [5.74, 6) is 0.392. The highest BCUT2D eigenvalue weighted by atomic mass is 32.2. The molecule has 3 aromatic heterocycles. The smallest absolute Gasteiger partial charge is 0.251 e. The van der Waals surface area contributed by atoms with Crippen LogP contribution in [0.5, 0.6) is 0 Å². The third kappa shape index (κ3) is 4.07. The number of benzene rings is 1. The Morgan fingerprint density at radius 3 is 2.73 bits per heavy atom. The van der Waals surface area contributed by atoms with Gasteiger partial charge in [0.2, 0.25) is 11.7 Å². The molecule has 1 aliphatic rings. The van der Waals surface area contributed by atoms with Crippen molar-refractivity contribution >= 4 is 39.9 Å². The number of nitrogens with two attached hydrogens (primary N) is 1. The second-order valence-corrected chi connectivity index (χ2v) is 10.0. The number of hydrogen-bond donors (Lipinski definition) is 2. The third-order valence-electron chi connectivity index (χ3n) is 5.45. The zero-order valence-electron chi connectivity index (χ0n) is 17.8. The number of fused-ring (bicyclic) bond motifs is 1. The molecule has 0 radical (unpaired) electrons. The van der Waals surface area contributed by atoms with E-state index in [4.69, 9.17) is 10.2 Å². The van der Waals surface area contributed by atoms with Crippen molar-refractivity contribution in [2.45, 2.75) is 36.6 Å². The summed E-state index contributed by atoms with van der Waals surface area (Å²) in [6.45, 7) is 1.79. The van der Waals surface area contributed by atoms with E-state index >= 15 is 0 Å². The number of amides is 2. The number of thiophene rings is 1. The number of anilines is 1. The van der Waals surface area contributed by atoms with E-state index in [9.17, 15) is 9.59 Å². The number of para-hydroxylation sites is 1. The predicted molar refractivity (Wildman–Crippen MR) is 128 cm³/mol. The minimum atomic E-state index is -0.503. The van der Waals surface area contributed by atoms with Crippen LogP contribution in [0.1, 0.15) is 34.1 Å². The monoisotopic (exact) mass is 479 g/mol. The molecule has 1 atom stereocenters. The Morgan fingerprint density at radius 2 is 2.00 bits per heavy atom. The number of thioether (sulfide) groups is 1. The maximum atomic E-state index is 13.0. The maximum Gasteiger partial charge on any atom is 0.251 e. The van der Waals surface area contributed by atoms with E-state index < -0.39 is 11.2 Å². The lowest BCUT2D eigenvalue weighted by Gasteiger charge is -2.13. The van der Waals surface area contributed by atoms with Crippen LogP contribution in [0.2, 0.25) is 0 Å². The van der Waals surface area contributed by atoms with Crippen molar-refractivity contribution in [3.63, 3.8) is 0 Å². The number of aryl methyl sites for hydroxylation is 1. The molecule has 0 unspecified atom stereocenters. The highest BCUT2D eigenvalue weighted by Crippen LogP contribution is 2.39. The summed E-state index contributed by atoms with van der Waals surface area (Å²) in [6, 6.07) is 13.3. The minimum absolute atomic E-state index is 0.232. The maximum absolute atomic E-state index is 13.0. The third-order valence-corrected chi connectivity index (χ3v) is 7.70. The van der Waals surface area contributed by atoms with E-state index in [2.05, 4.69) is 15.5 Å². The van der Waals surface area contributed by atoms with E-state index in [1.807, 2.05) is 41.0 Å². The Kier molecular flexibility index (Phi) is 5.77. The van der Waals surface area contributed by atoms with Crippen molar-refractivity contribution < 1.29 is 14.0 Å². The zero-order valence-corrected chi connectivity index (χ0v) is 19.4. The van der Waals surface area contributed by atoms with Gasteiger partial charge in [0.15, 0.2) is 10.9 Å². The van der Waals surface area contributed by atoms with Gasteiger partial charge < -0.3 is 15.5 Å². The molecule has 3 heterocycles. The van der Waals surface area contributed by atoms with Gasteiger partial charge in [-0.15, -0.1) is 21.5 Å². The fourth-order valence-electron chi connectivity index (χ4n) is 3.90. The molecule has 0 saturated heterocycles. The van der Waals surface area contributed by atoms with E-state index in [-0.39, 0.29) is 5.91 Å². The fourth-order valence-corrected chi connectivity index (χ4v) is 6.06. The molecule has 1 aliphatic carbocycles. The summed E-state index contributed by atoms with van der Waals surface area (Å²) in [6.07, 6.45) is 4.32. The first kappa shape index (κ1) is 21.5. The second-order valence-electron chi connectivity index (χ2n) is 7.63. The number of aromatic nitrogens is 3. The Bertz CT molecular complexity index is 1310. The molecule has 0 bridgehead atoms. The molecule has 5 rings (SSSR count). The number of nitrogens with zero attached hydrogens (tertiary/aromatic N) is 3. The lowest BCUT2D eigenvalue weighted by Crippen LogP contribution is -2.24. The first-order valence-corrected chi connectivity index (χ1v) is 12.2. The van der Waals surface area contributed by atoms with Crippen molar-refractivity contribution in [1.82, 2.24) is 14.8 Å². The molecule has 0 aliphatic heterocycles. The molecule has 0 fully saturated rings. The van der Waals surface area contributed by atoms with E-state index in [0.29, 0.717) is 27.3 Å². The molecular weight excluding hydrogens is 458 g/mol.